The minimum Gasteiger partial charge on any atom is -0.507 e. The third kappa shape index (κ3) is 2.44. The van der Waals surface area contributed by atoms with Gasteiger partial charge in [0.15, 0.2) is 0 Å². The average molecular weight is 331 g/mol. The zero-order chi connectivity index (χ0) is 14.1. The van der Waals surface area contributed by atoms with Crippen LogP contribution in [0.5, 0.6) is 5.75 Å². The minimum atomic E-state index is 0.137. The van der Waals surface area contributed by atoms with Gasteiger partial charge in [0.1, 0.15) is 5.75 Å². The van der Waals surface area contributed by atoms with Gasteiger partial charge >= 0.3 is 0 Å². The van der Waals surface area contributed by atoms with Crippen molar-refractivity contribution in [1.82, 2.24) is 10.1 Å². The highest BCUT2D eigenvalue weighted by molar-refractivity contribution is 9.10. The molecule has 20 heavy (non-hydrogen) atoms. The van der Waals surface area contributed by atoms with Crippen molar-refractivity contribution in [1.29, 1.82) is 0 Å². The first kappa shape index (κ1) is 12.9. The third-order valence-electron chi connectivity index (χ3n) is 2.90. The van der Waals surface area contributed by atoms with Crippen LogP contribution in [0, 0.1) is 6.92 Å². The van der Waals surface area contributed by atoms with Gasteiger partial charge in [-0.15, -0.1) is 0 Å². The Labute approximate surface area is 124 Å². The second-order valence-corrected chi connectivity index (χ2v) is 5.31. The molecule has 3 rings (SSSR count). The maximum Gasteiger partial charge on any atom is 0.258 e. The Morgan fingerprint density at radius 2 is 1.95 bits per heavy atom. The lowest BCUT2D eigenvalue weighted by molar-refractivity contribution is 0.431. The first-order chi connectivity index (χ1) is 9.63. The van der Waals surface area contributed by atoms with E-state index >= 15 is 0 Å². The zero-order valence-electron chi connectivity index (χ0n) is 10.7. The van der Waals surface area contributed by atoms with E-state index in [0.29, 0.717) is 21.8 Å². The van der Waals surface area contributed by atoms with E-state index in [1.54, 1.807) is 18.2 Å². The fraction of sp³-hybridized carbons (Fsp3) is 0.0667. The molecule has 1 heterocycles. The molecule has 0 radical (unpaired) electrons. The number of rotatable bonds is 2. The number of halogens is 1. The van der Waals surface area contributed by atoms with E-state index in [1.807, 2.05) is 31.2 Å². The predicted molar refractivity (Wildman–Crippen MR) is 79.3 cm³/mol. The maximum atomic E-state index is 9.68. The van der Waals surface area contributed by atoms with E-state index < -0.39 is 0 Å². The summed E-state index contributed by atoms with van der Waals surface area (Å²) in [6, 6.07) is 13.0. The molecule has 1 N–H and O–H groups in total. The molecule has 0 saturated heterocycles. The van der Waals surface area contributed by atoms with Gasteiger partial charge in [-0.2, -0.15) is 4.98 Å². The van der Waals surface area contributed by atoms with Crippen molar-refractivity contribution in [2.45, 2.75) is 6.92 Å². The summed E-state index contributed by atoms with van der Waals surface area (Å²) in [4.78, 5) is 4.36. The normalized spacial score (nSPS) is 10.7. The first-order valence-electron chi connectivity index (χ1n) is 6.03. The summed E-state index contributed by atoms with van der Waals surface area (Å²) in [6.45, 7) is 2.01. The van der Waals surface area contributed by atoms with Gasteiger partial charge in [0.05, 0.1) is 4.47 Å². The molecule has 0 amide bonds. The molecule has 3 aromatic rings. The Hall–Kier alpha value is -2.14. The Bertz CT molecular complexity index is 768. The van der Waals surface area contributed by atoms with E-state index in [9.17, 15) is 5.11 Å². The van der Waals surface area contributed by atoms with Crippen molar-refractivity contribution in [3.8, 4) is 28.6 Å². The van der Waals surface area contributed by atoms with Gasteiger partial charge in [-0.25, -0.2) is 0 Å². The van der Waals surface area contributed by atoms with Crippen molar-refractivity contribution in [2.24, 2.45) is 0 Å². The smallest absolute Gasteiger partial charge is 0.258 e. The molecule has 0 unspecified atom stereocenters. The van der Waals surface area contributed by atoms with E-state index in [2.05, 4.69) is 26.1 Å². The number of benzene rings is 2. The second kappa shape index (κ2) is 5.09. The van der Waals surface area contributed by atoms with Crippen molar-refractivity contribution in [3.05, 3.63) is 52.5 Å². The van der Waals surface area contributed by atoms with Crippen LogP contribution in [-0.4, -0.2) is 15.2 Å². The molecule has 4 nitrogen and oxygen atoms in total. The average Bonchev–Trinajstić information content (AvgIpc) is 2.92. The number of nitrogens with zero attached hydrogens (tertiary/aromatic N) is 2. The Morgan fingerprint density at radius 1 is 1.10 bits per heavy atom. The number of phenols is 1. The third-order valence-corrected chi connectivity index (χ3v) is 3.57. The first-order valence-corrected chi connectivity index (χ1v) is 6.82. The Morgan fingerprint density at radius 3 is 2.70 bits per heavy atom. The quantitative estimate of drug-likeness (QED) is 0.765. The monoisotopic (exact) mass is 330 g/mol. The highest BCUT2D eigenvalue weighted by atomic mass is 79.9. The van der Waals surface area contributed by atoms with Gasteiger partial charge in [-0.1, -0.05) is 28.9 Å². The van der Waals surface area contributed by atoms with Crippen LogP contribution in [0.4, 0.5) is 0 Å². The van der Waals surface area contributed by atoms with E-state index in [-0.39, 0.29) is 5.75 Å². The molecule has 0 aliphatic carbocycles. The van der Waals surface area contributed by atoms with Gasteiger partial charge in [0.2, 0.25) is 5.82 Å². The lowest BCUT2D eigenvalue weighted by Gasteiger charge is -1.98. The molecular weight excluding hydrogens is 320 g/mol. The number of aromatic nitrogens is 2. The highest BCUT2D eigenvalue weighted by Crippen LogP contribution is 2.30. The molecule has 1 aromatic heterocycles. The SMILES string of the molecule is Cc1cccc(-c2noc(-c3ccc(Br)c(O)c3)n2)c1. The van der Waals surface area contributed by atoms with Crippen molar-refractivity contribution < 1.29 is 9.63 Å². The highest BCUT2D eigenvalue weighted by Gasteiger charge is 2.12. The lowest BCUT2D eigenvalue weighted by Crippen LogP contribution is -1.82. The molecule has 2 aromatic carbocycles. The van der Waals surface area contributed by atoms with Crippen LogP contribution in [0.1, 0.15) is 5.56 Å². The summed E-state index contributed by atoms with van der Waals surface area (Å²) in [5.41, 5.74) is 2.72. The largest absolute Gasteiger partial charge is 0.507 e. The summed E-state index contributed by atoms with van der Waals surface area (Å²) in [5, 5.41) is 13.7. The molecule has 0 atom stereocenters. The molecular formula is C15H11BrN2O2. The van der Waals surface area contributed by atoms with Crippen LogP contribution in [0.15, 0.2) is 51.5 Å². The standard InChI is InChI=1S/C15H11BrN2O2/c1-9-3-2-4-10(7-9)14-17-15(20-18-14)11-5-6-12(16)13(19)8-11/h2-8,19H,1H3. The molecule has 0 bridgehead atoms. The van der Waals surface area contributed by atoms with Crippen LogP contribution >= 0.6 is 15.9 Å². The van der Waals surface area contributed by atoms with E-state index in [1.165, 1.54) is 0 Å². The fourth-order valence-corrected chi connectivity index (χ4v) is 2.13. The Balaban J connectivity index is 1.99. The van der Waals surface area contributed by atoms with Gasteiger partial charge in [0, 0.05) is 11.1 Å². The second-order valence-electron chi connectivity index (χ2n) is 4.46. The Kier molecular flexibility index (Phi) is 3.28. The van der Waals surface area contributed by atoms with Gasteiger partial charge in [-0.3, -0.25) is 0 Å². The van der Waals surface area contributed by atoms with Crippen LogP contribution in [0.2, 0.25) is 0 Å². The summed E-state index contributed by atoms with van der Waals surface area (Å²) in [6.07, 6.45) is 0. The molecule has 0 aliphatic heterocycles. The number of hydrogen-bond acceptors (Lipinski definition) is 4. The molecule has 100 valence electrons. The van der Waals surface area contributed by atoms with Crippen molar-refractivity contribution in [3.63, 3.8) is 0 Å². The van der Waals surface area contributed by atoms with Crippen LogP contribution in [0.3, 0.4) is 0 Å². The minimum absolute atomic E-state index is 0.137. The van der Waals surface area contributed by atoms with Gasteiger partial charge < -0.3 is 9.63 Å². The van der Waals surface area contributed by atoms with Crippen molar-refractivity contribution in [2.75, 3.05) is 0 Å². The number of hydrogen-bond donors (Lipinski definition) is 1. The fourth-order valence-electron chi connectivity index (χ4n) is 1.89. The molecule has 0 spiro atoms. The molecule has 0 fully saturated rings. The molecule has 0 saturated carbocycles. The zero-order valence-corrected chi connectivity index (χ0v) is 12.3. The summed E-state index contributed by atoms with van der Waals surface area (Å²) < 4.78 is 5.88. The van der Waals surface area contributed by atoms with Crippen LogP contribution < -0.4 is 0 Å². The molecule has 5 heteroatoms. The van der Waals surface area contributed by atoms with Crippen LogP contribution in [-0.2, 0) is 0 Å². The summed E-state index contributed by atoms with van der Waals surface area (Å²) in [7, 11) is 0. The lowest BCUT2D eigenvalue weighted by atomic mass is 10.1. The molecule has 0 aliphatic rings. The predicted octanol–water partition coefficient (Wildman–Crippen LogP) is 4.18. The summed E-state index contributed by atoms with van der Waals surface area (Å²) in [5.74, 6) is 1.05. The number of phenolic OH excluding ortho intramolecular Hbond substituents is 1. The van der Waals surface area contributed by atoms with Gasteiger partial charge in [-0.05, 0) is 47.1 Å². The maximum absolute atomic E-state index is 9.68. The topological polar surface area (TPSA) is 59.2 Å². The number of aromatic hydroxyl groups is 1. The number of aryl methyl sites for hydroxylation is 1. The van der Waals surface area contributed by atoms with E-state index in [0.717, 1.165) is 11.1 Å². The summed E-state index contributed by atoms with van der Waals surface area (Å²) >= 11 is 3.24. The van der Waals surface area contributed by atoms with Gasteiger partial charge in [0.25, 0.3) is 5.89 Å². The van der Waals surface area contributed by atoms with Crippen LogP contribution in [0.25, 0.3) is 22.8 Å². The van der Waals surface area contributed by atoms with E-state index in [4.69, 9.17) is 4.52 Å². The van der Waals surface area contributed by atoms with Crippen molar-refractivity contribution >= 4 is 15.9 Å².